The van der Waals surface area contributed by atoms with Gasteiger partial charge in [0.1, 0.15) is 11.5 Å². The minimum atomic E-state index is 0. The lowest BCUT2D eigenvalue weighted by molar-refractivity contribution is -0.126. The quantitative estimate of drug-likeness (QED) is 0.755. The molecule has 0 radical (unpaired) electrons. The Labute approximate surface area is 168 Å². The average Bonchev–Trinajstić information content (AvgIpc) is 3.24. The molecule has 3 N–H and O–H groups in total. The third-order valence-corrected chi connectivity index (χ3v) is 5.34. The lowest BCUT2D eigenvalue weighted by atomic mass is 9.95. The Morgan fingerprint density at radius 3 is 2.65 bits per heavy atom. The van der Waals surface area contributed by atoms with E-state index >= 15 is 0 Å². The Bertz CT molecular complexity index is 550. The van der Waals surface area contributed by atoms with Gasteiger partial charge in [-0.3, -0.25) is 9.69 Å². The van der Waals surface area contributed by atoms with Crippen LogP contribution in [0.2, 0.25) is 0 Å². The first kappa shape index (κ1) is 23.2. The number of carbonyl (C=O) groups excluding carboxylic acids is 1. The number of hydrogen-bond acceptors (Lipinski definition) is 5. The average molecular weight is 408 g/mol. The second-order valence-electron chi connectivity index (χ2n) is 6.89. The van der Waals surface area contributed by atoms with Gasteiger partial charge in [-0.2, -0.15) is 0 Å². The van der Waals surface area contributed by atoms with Gasteiger partial charge in [0, 0.05) is 25.6 Å². The summed E-state index contributed by atoms with van der Waals surface area (Å²) in [6.07, 6.45) is 3.12. The highest BCUT2D eigenvalue weighted by Crippen LogP contribution is 2.31. The number of halogens is 2. The molecule has 2 aliphatic rings. The van der Waals surface area contributed by atoms with Crippen LogP contribution in [-0.4, -0.2) is 50.2 Å². The van der Waals surface area contributed by atoms with Gasteiger partial charge in [-0.25, -0.2) is 0 Å². The first-order chi connectivity index (χ1) is 11.7. The Kier molecular flexibility index (Phi) is 9.97. The first-order valence-corrected chi connectivity index (χ1v) is 9.05. The van der Waals surface area contributed by atoms with Gasteiger partial charge in [0.2, 0.25) is 5.91 Å². The standard InChI is InChI=1S/C18H29N3O3.2ClH/c1-13-5-6-17(24-13)16(21-7-9-23-10-8-21)12-20-18(22)15-4-2-3-14(15)11-19;;/h5-6,14-16H,2-4,7-12,19H2,1H3,(H,20,22);2*1H/t14-,15-,16?;;/m1../s1. The number of nitrogens with zero attached hydrogens (tertiary/aromatic N) is 1. The minimum absolute atomic E-state index is 0. The van der Waals surface area contributed by atoms with Crippen LogP contribution in [0.3, 0.4) is 0 Å². The van der Waals surface area contributed by atoms with Gasteiger partial charge in [0.15, 0.2) is 0 Å². The first-order valence-electron chi connectivity index (χ1n) is 9.05. The molecule has 0 spiro atoms. The number of rotatable bonds is 6. The third kappa shape index (κ3) is 5.60. The van der Waals surface area contributed by atoms with E-state index in [1.54, 1.807) is 0 Å². The van der Waals surface area contributed by atoms with Crippen molar-refractivity contribution in [3.8, 4) is 0 Å². The van der Waals surface area contributed by atoms with Crippen molar-refractivity contribution in [3.05, 3.63) is 23.7 Å². The van der Waals surface area contributed by atoms with Crippen LogP contribution in [-0.2, 0) is 9.53 Å². The van der Waals surface area contributed by atoms with Crippen molar-refractivity contribution in [1.82, 2.24) is 10.2 Å². The number of nitrogens with two attached hydrogens (primary N) is 1. The summed E-state index contributed by atoms with van der Waals surface area (Å²) in [6, 6.07) is 4.05. The summed E-state index contributed by atoms with van der Waals surface area (Å²) in [5.41, 5.74) is 5.81. The molecular weight excluding hydrogens is 377 g/mol. The molecule has 1 aromatic heterocycles. The van der Waals surface area contributed by atoms with E-state index in [0.29, 0.717) is 19.0 Å². The third-order valence-electron chi connectivity index (χ3n) is 5.34. The van der Waals surface area contributed by atoms with Crippen LogP contribution >= 0.6 is 24.8 Å². The fourth-order valence-corrected chi connectivity index (χ4v) is 3.92. The Balaban J connectivity index is 0.00000169. The van der Waals surface area contributed by atoms with Crippen molar-refractivity contribution >= 4 is 30.7 Å². The fraction of sp³-hybridized carbons (Fsp3) is 0.722. The topological polar surface area (TPSA) is 80.7 Å². The van der Waals surface area contributed by atoms with Gasteiger partial charge < -0.3 is 20.2 Å². The highest BCUT2D eigenvalue weighted by molar-refractivity contribution is 5.85. The molecule has 2 fully saturated rings. The molecule has 6 nitrogen and oxygen atoms in total. The largest absolute Gasteiger partial charge is 0.465 e. The Hall–Kier alpha value is -0.790. The van der Waals surface area contributed by atoms with E-state index in [0.717, 1.165) is 57.1 Å². The molecule has 1 saturated carbocycles. The van der Waals surface area contributed by atoms with Gasteiger partial charge in [-0.15, -0.1) is 24.8 Å². The van der Waals surface area contributed by atoms with Gasteiger partial charge in [0.05, 0.1) is 19.3 Å². The molecular formula is C18H31Cl2N3O3. The molecule has 0 aromatic carbocycles. The van der Waals surface area contributed by atoms with Crippen LogP contribution in [0.5, 0.6) is 0 Å². The SMILES string of the molecule is Cc1ccc(C(CNC(=O)[C@@H]2CCC[C@@H]2CN)N2CCOCC2)o1.Cl.Cl. The molecule has 26 heavy (non-hydrogen) atoms. The van der Waals surface area contributed by atoms with Crippen molar-refractivity contribution < 1.29 is 13.9 Å². The van der Waals surface area contributed by atoms with Crippen LogP contribution in [0.1, 0.15) is 36.8 Å². The Morgan fingerprint density at radius 1 is 1.31 bits per heavy atom. The normalized spacial score (nSPS) is 24.4. The summed E-state index contributed by atoms with van der Waals surface area (Å²) >= 11 is 0. The molecule has 0 bridgehead atoms. The molecule has 1 aromatic rings. The molecule has 2 heterocycles. The predicted octanol–water partition coefficient (Wildman–Crippen LogP) is 2.30. The fourth-order valence-electron chi connectivity index (χ4n) is 3.92. The summed E-state index contributed by atoms with van der Waals surface area (Å²) in [6.45, 7) is 6.28. The van der Waals surface area contributed by atoms with Crippen LogP contribution in [0.25, 0.3) is 0 Å². The highest BCUT2D eigenvalue weighted by Gasteiger charge is 2.33. The summed E-state index contributed by atoms with van der Waals surface area (Å²) in [5.74, 6) is 2.35. The lowest BCUT2D eigenvalue weighted by Gasteiger charge is -2.33. The lowest BCUT2D eigenvalue weighted by Crippen LogP contribution is -2.45. The molecule has 1 unspecified atom stereocenters. The van der Waals surface area contributed by atoms with Crippen LogP contribution < -0.4 is 11.1 Å². The number of carbonyl (C=O) groups is 1. The number of furan rings is 1. The maximum absolute atomic E-state index is 12.6. The van der Waals surface area contributed by atoms with E-state index in [1.165, 1.54) is 0 Å². The van der Waals surface area contributed by atoms with E-state index < -0.39 is 0 Å². The number of nitrogens with one attached hydrogen (secondary N) is 1. The van der Waals surface area contributed by atoms with E-state index in [1.807, 2.05) is 19.1 Å². The van der Waals surface area contributed by atoms with Gasteiger partial charge in [-0.1, -0.05) is 6.42 Å². The maximum Gasteiger partial charge on any atom is 0.223 e. The molecule has 1 aliphatic heterocycles. The maximum atomic E-state index is 12.6. The minimum Gasteiger partial charge on any atom is -0.465 e. The van der Waals surface area contributed by atoms with Crippen molar-refractivity contribution in [2.75, 3.05) is 39.4 Å². The summed E-state index contributed by atoms with van der Waals surface area (Å²) in [4.78, 5) is 14.9. The zero-order valence-electron chi connectivity index (χ0n) is 15.3. The van der Waals surface area contributed by atoms with Gasteiger partial charge >= 0.3 is 0 Å². The second-order valence-corrected chi connectivity index (χ2v) is 6.89. The van der Waals surface area contributed by atoms with Crippen molar-refractivity contribution in [3.63, 3.8) is 0 Å². The van der Waals surface area contributed by atoms with E-state index in [9.17, 15) is 4.79 Å². The van der Waals surface area contributed by atoms with Crippen molar-refractivity contribution in [2.45, 2.75) is 32.2 Å². The summed E-state index contributed by atoms with van der Waals surface area (Å²) < 4.78 is 11.3. The Morgan fingerprint density at radius 2 is 2.04 bits per heavy atom. The predicted molar refractivity (Wildman–Crippen MR) is 106 cm³/mol. The molecule has 1 amide bonds. The molecule has 1 saturated heterocycles. The number of aryl methyl sites for hydroxylation is 1. The number of ether oxygens (including phenoxy) is 1. The van der Waals surface area contributed by atoms with E-state index in [-0.39, 0.29) is 42.7 Å². The number of hydrogen-bond donors (Lipinski definition) is 2. The van der Waals surface area contributed by atoms with Crippen molar-refractivity contribution in [2.24, 2.45) is 17.6 Å². The number of morpholine rings is 1. The summed E-state index contributed by atoms with van der Waals surface area (Å²) in [5, 5.41) is 3.16. The molecule has 1 aliphatic carbocycles. The van der Waals surface area contributed by atoms with Crippen LogP contribution in [0.15, 0.2) is 16.5 Å². The van der Waals surface area contributed by atoms with Crippen molar-refractivity contribution in [1.29, 1.82) is 0 Å². The molecule has 3 rings (SSSR count). The monoisotopic (exact) mass is 407 g/mol. The van der Waals surface area contributed by atoms with E-state index in [2.05, 4.69) is 10.2 Å². The molecule has 8 heteroatoms. The van der Waals surface area contributed by atoms with Gasteiger partial charge in [0.25, 0.3) is 0 Å². The molecule has 3 atom stereocenters. The van der Waals surface area contributed by atoms with Crippen LogP contribution in [0, 0.1) is 18.8 Å². The molecule has 150 valence electrons. The van der Waals surface area contributed by atoms with Crippen LogP contribution in [0.4, 0.5) is 0 Å². The smallest absolute Gasteiger partial charge is 0.223 e. The van der Waals surface area contributed by atoms with E-state index in [4.69, 9.17) is 14.9 Å². The highest BCUT2D eigenvalue weighted by atomic mass is 35.5. The second kappa shape index (κ2) is 11.1. The van der Waals surface area contributed by atoms with Gasteiger partial charge in [-0.05, 0) is 44.4 Å². The zero-order chi connectivity index (χ0) is 16.9. The number of amides is 1. The zero-order valence-corrected chi connectivity index (χ0v) is 16.9. The summed E-state index contributed by atoms with van der Waals surface area (Å²) in [7, 11) is 0.